The Hall–Kier alpha value is -2.84. The van der Waals surface area contributed by atoms with Crippen molar-refractivity contribution in [3.8, 4) is 5.75 Å². The van der Waals surface area contributed by atoms with E-state index in [0.717, 1.165) is 16.8 Å². The fraction of sp³-hybridized carbons (Fsp3) is 0.286. The quantitative estimate of drug-likeness (QED) is 0.415. The molecule has 0 amide bonds. The maximum Gasteiger partial charge on any atom is 0.374 e. The van der Waals surface area contributed by atoms with E-state index in [2.05, 4.69) is 0 Å². The molecule has 0 saturated carbocycles. The molecular formula is C21H24N2O5S. The molecule has 8 heteroatoms. The minimum Gasteiger partial charge on any atom is -0.748 e. The Labute approximate surface area is 170 Å². The first-order valence-electron chi connectivity index (χ1n) is 9.16. The molecule has 0 aliphatic heterocycles. The molecule has 2 aromatic carbocycles. The van der Waals surface area contributed by atoms with Crippen molar-refractivity contribution < 1.29 is 26.7 Å². The Morgan fingerprint density at radius 3 is 2.48 bits per heavy atom. The third kappa shape index (κ3) is 5.36. The van der Waals surface area contributed by atoms with Crippen molar-refractivity contribution in [2.45, 2.75) is 13.0 Å². The molecule has 1 aromatic heterocycles. The third-order valence-corrected chi connectivity index (χ3v) is 5.33. The Morgan fingerprint density at radius 2 is 1.86 bits per heavy atom. The van der Waals surface area contributed by atoms with Crippen molar-refractivity contribution in [2.24, 2.45) is 0 Å². The summed E-state index contributed by atoms with van der Waals surface area (Å²) in [5, 5.41) is 0. The second-order valence-electron chi connectivity index (χ2n) is 6.86. The first-order chi connectivity index (χ1) is 13.8. The van der Waals surface area contributed by atoms with E-state index in [9.17, 15) is 13.0 Å². The summed E-state index contributed by atoms with van der Waals surface area (Å²) in [6.45, 7) is 0.334. The molecule has 0 atom stereocenters. The first-order valence-corrected chi connectivity index (χ1v) is 10.7. The number of aryl methyl sites for hydroxylation is 1. The number of anilines is 1. The van der Waals surface area contributed by atoms with Gasteiger partial charge in [0.15, 0.2) is 6.54 Å². The van der Waals surface area contributed by atoms with Crippen molar-refractivity contribution in [2.75, 3.05) is 31.9 Å². The van der Waals surface area contributed by atoms with Gasteiger partial charge in [-0.3, -0.25) is 0 Å². The smallest absolute Gasteiger partial charge is 0.374 e. The van der Waals surface area contributed by atoms with Gasteiger partial charge in [-0.05, 0) is 35.9 Å². The van der Waals surface area contributed by atoms with Crippen LogP contribution in [0, 0.1) is 0 Å². The van der Waals surface area contributed by atoms with Gasteiger partial charge in [0, 0.05) is 32.0 Å². The van der Waals surface area contributed by atoms with Crippen LogP contribution in [0.2, 0.25) is 0 Å². The van der Waals surface area contributed by atoms with Gasteiger partial charge in [0.2, 0.25) is 5.58 Å². The van der Waals surface area contributed by atoms with E-state index < -0.39 is 15.9 Å². The highest BCUT2D eigenvalue weighted by Gasteiger charge is 2.21. The largest absolute Gasteiger partial charge is 0.748 e. The van der Waals surface area contributed by atoms with Crippen LogP contribution in [0.3, 0.4) is 0 Å². The summed E-state index contributed by atoms with van der Waals surface area (Å²) in [6, 6.07) is 13.5. The summed E-state index contributed by atoms with van der Waals surface area (Å²) >= 11 is 0. The van der Waals surface area contributed by atoms with E-state index in [1.54, 1.807) is 19.2 Å². The van der Waals surface area contributed by atoms with Gasteiger partial charge < -0.3 is 18.6 Å². The number of hydrogen-bond acceptors (Lipinski definition) is 6. The predicted molar refractivity (Wildman–Crippen MR) is 112 cm³/mol. The SMILES string of the molecule is COc1ccc2oc(/C=C/c3ccc(N(C)C)cc3)[n+](CCCS(=O)(=O)[O-])c2c1. The maximum absolute atomic E-state index is 11.0. The van der Waals surface area contributed by atoms with Gasteiger partial charge in [0.25, 0.3) is 5.52 Å². The van der Waals surface area contributed by atoms with Gasteiger partial charge in [-0.2, -0.15) is 4.57 Å². The molecule has 154 valence electrons. The van der Waals surface area contributed by atoms with E-state index in [4.69, 9.17) is 9.15 Å². The molecule has 0 N–H and O–H groups in total. The Morgan fingerprint density at radius 1 is 1.14 bits per heavy atom. The molecule has 0 saturated heterocycles. The average Bonchev–Trinajstić information content (AvgIpc) is 3.02. The third-order valence-electron chi connectivity index (χ3n) is 4.54. The van der Waals surface area contributed by atoms with Gasteiger partial charge in [0.05, 0.1) is 29.4 Å². The van der Waals surface area contributed by atoms with Crippen molar-refractivity contribution in [1.82, 2.24) is 0 Å². The molecule has 0 aliphatic rings. The lowest BCUT2D eigenvalue weighted by Gasteiger charge is -2.11. The second-order valence-corrected chi connectivity index (χ2v) is 8.38. The lowest BCUT2D eigenvalue weighted by atomic mass is 10.2. The number of hydrogen-bond donors (Lipinski definition) is 0. The van der Waals surface area contributed by atoms with Crippen LogP contribution in [-0.4, -0.2) is 39.9 Å². The van der Waals surface area contributed by atoms with Crippen LogP contribution in [0.4, 0.5) is 5.69 Å². The van der Waals surface area contributed by atoms with Gasteiger partial charge >= 0.3 is 5.89 Å². The number of oxazole rings is 1. The zero-order valence-corrected chi connectivity index (χ0v) is 17.5. The Kier molecular flexibility index (Phi) is 6.24. The van der Waals surface area contributed by atoms with Crippen molar-refractivity contribution in [3.05, 3.63) is 53.9 Å². The van der Waals surface area contributed by atoms with Crippen molar-refractivity contribution in [1.29, 1.82) is 0 Å². The summed E-state index contributed by atoms with van der Waals surface area (Å²) < 4.78 is 46.0. The Balaban J connectivity index is 1.93. The van der Waals surface area contributed by atoms with Crippen LogP contribution in [0.15, 0.2) is 46.9 Å². The molecule has 1 heterocycles. The number of aromatic nitrogens is 1. The molecule has 0 radical (unpaired) electrons. The monoisotopic (exact) mass is 416 g/mol. The number of methoxy groups -OCH3 is 1. The van der Waals surface area contributed by atoms with Crippen LogP contribution < -0.4 is 14.2 Å². The maximum atomic E-state index is 11.0. The Bertz CT molecular complexity index is 1120. The molecular weight excluding hydrogens is 392 g/mol. The molecule has 0 bridgehead atoms. The number of benzene rings is 2. The highest BCUT2D eigenvalue weighted by Crippen LogP contribution is 2.22. The number of ether oxygens (including phenoxy) is 1. The molecule has 3 rings (SSSR count). The van der Waals surface area contributed by atoms with Gasteiger partial charge in [0.1, 0.15) is 5.75 Å². The molecule has 7 nitrogen and oxygen atoms in total. The summed E-state index contributed by atoms with van der Waals surface area (Å²) in [6.07, 6.45) is 3.96. The molecule has 29 heavy (non-hydrogen) atoms. The van der Waals surface area contributed by atoms with Crippen LogP contribution in [0.5, 0.6) is 5.75 Å². The van der Waals surface area contributed by atoms with E-state index >= 15 is 0 Å². The number of nitrogens with zero attached hydrogens (tertiary/aromatic N) is 2. The van der Waals surface area contributed by atoms with Crippen molar-refractivity contribution in [3.63, 3.8) is 0 Å². The molecule has 0 spiro atoms. The fourth-order valence-electron chi connectivity index (χ4n) is 3.01. The van der Waals surface area contributed by atoms with E-state index in [0.29, 0.717) is 23.8 Å². The highest BCUT2D eigenvalue weighted by atomic mass is 32.2. The summed E-state index contributed by atoms with van der Waals surface area (Å²) in [5.74, 6) is 0.803. The predicted octanol–water partition coefficient (Wildman–Crippen LogP) is 2.90. The summed E-state index contributed by atoms with van der Waals surface area (Å²) in [5.41, 5.74) is 3.53. The topological polar surface area (TPSA) is 86.7 Å². The zero-order valence-electron chi connectivity index (χ0n) is 16.7. The van der Waals surface area contributed by atoms with E-state index in [-0.39, 0.29) is 6.42 Å². The minimum absolute atomic E-state index is 0.195. The van der Waals surface area contributed by atoms with Crippen LogP contribution in [-0.2, 0) is 16.7 Å². The zero-order chi connectivity index (χ0) is 21.0. The standard InChI is InChI=1S/C21H24N2O5S/c1-22(2)17-8-5-16(6-9-17)7-12-21-23(13-4-14-29(24,25)26)19-15-18(27-3)10-11-20(19)28-21/h5-12,15H,4,13-14H2,1-3H3. The number of rotatable bonds is 8. The minimum atomic E-state index is -4.26. The molecule has 0 aliphatic carbocycles. The van der Waals surface area contributed by atoms with Crippen LogP contribution in [0.1, 0.15) is 17.9 Å². The average molecular weight is 416 g/mol. The van der Waals surface area contributed by atoms with Gasteiger partial charge in [-0.25, -0.2) is 8.42 Å². The lowest BCUT2D eigenvalue weighted by Crippen LogP contribution is -2.36. The lowest BCUT2D eigenvalue weighted by molar-refractivity contribution is -0.677. The highest BCUT2D eigenvalue weighted by molar-refractivity contribution is 7.85. The normalized spacial score (nSPS) is 12.0. The van der Waals surface area contributed by atoms with Gasteiger partial charge in [-0.15, -0.1) is 0 Å². The summed E-state index contributed by atoms with van der Waals surface area (Å²) in [7, 11) is 1.28. The number of fused-ring (bicyclic) bond motifs is 1. The molecule has 0 fully saturated rings. The first kappa shape index (κ1) is 20.9. The van der Waals surface area contributed by atoms with Gasteiger partial charge in [-0.1, -0.05) is 12.1 Å². The molecule has 3 aromatic rings. The van der Waals surface area contributed by atoms with Crippen LogP contribution in [0.25, 0.3) is 23.3 Å². The van der Waals surface area contributed by atoms with Crippen molar-refractivity contribution >= 4 is 39.1 Å². The fourth-order valence-corrected chi connectivity index (χ4v) is 3.50. The molecule has 0 unspecified atom stereocenters. The van der Waals surface area contributed by atoms with E-state index in [1.165, 1.54) is 0 Å². The summed E-state index contributed by atoms with van der Waals surface area (Å²) in [4.78, 5) is 2.03. The van der Waals surface area contributed by atoms with E-state index in [1.807, 2.05) is 66.0 Å². The van der Waals surface area contributed by atoms with Crippen LogP contribution >= 0.6 is 0 Å². The second kappa shape index (κ2) is 8.67.